The molecular formula is C25H27ClN4O3. The van der Waals surface area contributed by atoms with E-state index in [1.54, 1.807) is 28.0 Å². The first-order valence-electron chi connectivity index (χ1n) is 10.8. The van der Waals surface area contributed by atoms with E-state index >= 15 is 0 Å². The van der Waals surface area contributed by atoms with Crippen molar-refractivity contribution in [3.05, 3.63) is 82.1 Å². The maximum atomic E-state index is 12.8. The van der Waals surface area contributed by atoms with Crippen LogP contribution in [0, 0.1) is 0 Å². The molecule has 1 aromatic heterocycles. The van der Waals surface area contributed by atoms with Crippen molar-refractivity contribution in [1.82, 2.24) is 14.7 Å². The largest absolute Gasteiger partial charge is 0.444 e. The number of hydrogen-bond donors (Lipinski definition) is 1. The molecule has 7 nitrogen and oxygen atoms in total. The molecule has 0 saturated heterocycles. The highest BCUT2D eigenvalue weighted by Gasteiger charge is 2.26. The average molecular weight is 467 g/mol. The number of hydrogen-bond acceptors (Lipinski definition) is 4. The third kappa shape index (κ3) is 5.73. The maximum absolute atomic E-state index is 12.8. The number of carbonyl (C=O) groups is 2. The zero-order chi connectivity index (χ0) is 23.6. The molecule has 33 heavy (non-hydrogen) atoms. The highest BCUT2D eigenvalue weighted by atomic mass is 35.5. The predicted octanol–water partition coefficient (Wildman–Crippen LogP) is 5.13. The number of fused-ring (bicyclic) bond motifs is 1. The van der Waals surface area contributed by atoms with Crippen LogP contribution >= 0.6 is 11.6 Å². The van der Waals surface area contributed by atoms with Crippen molar-refractivity contribution < 1.29 is 14.3 Å². The maximum Gasteiger partial charge on any atom is 0.410 e. The van der Waals surface area contributed by atoms with Crippen molar-refractivity contribution in [1.29, 1.82) is 0 Å². The zero-order valence-electron chi connectivity index (χ0n) is 19.0. The number of anilines is 1. The summed E-state index contributed by atoms with van der Waals surface area (Å²) in [6.07, 6.45) is 3.75. The third-order valence-electron chi connectivity index (χ3n) is 5.31. The lowest BCUT2D eigenvalue weighted by Gasteiger charge is -2.31. The van der Waals surface area contributed by atoms with Crippen molar-refractivity contribution in [2.24, 2.45) is 0 Å². The minimum absolute atomic E-state index is 0.204. The van der Waals surface area contributed by atoms with Crippen LogP contribution in [0.15, 0.2) is 54.9 Å². The molecule has 0 bridgehead atoms. The van der Waals surface area contributed by atoms with Crippen molar-refractivity contribution in [3.63, 3.8) is 0 Å². The molecule has 0 saturated carbocycles. The number of amides is 2. The molecule has 0 spiro atoms. The van der Waals surface area contributed by atoms with E-state index in [9.17, 15) is 9.59 Å². The Hall–Kier alpha value is -3.32. The van der Waals surface area contributed by atoms with Gasteiger partial charge in [0.25, 0.3) is 5.91 Å². The molecule has 0 atom stereocenters. The fourth-order valence-electron chi connectivity index (χ4n) is 3.70. The van der Waals surface area contributed by atoms with E-state index in [1.165, 1.54) is 0 Å². The van der Waals surface area contributed by atoms with E-state index in [0.717, 1.165) is 16.7 Å². The second kappa shape index (κ2) is 9.27. The highest BCUT2D eigenvalue weighted by Crippen LogP contribution is 2.23. The molecule has 2 aromatic carbocycles. The quantitative estimate of drug-likeness (QED) is 0.578. The van der Waals surface area contributed by atoms with Crippen molar-refractivity contribution in [2.75, 3.05) is 11.9 Å². The van der Waals surface area contributed by atoms with Gasteiger partial charge in [-0.25, -0.2) is 4.79 Å². The van der Waals surface area contributed by atoms with Gasteiger partial charge in [0.15, 0.2) is 0 Å². The third-order valence-corrected chi connectivity index (χ3v) is 5.68. The predicted molar refractivity (Wildman–Crippen MR) is 128 cm³/mol. The molecule has 172 valence electrons. The van der Waals surface area contributed by atoms with Gasteiger partial charge >= 0.3 is 6.09 Å². The Morgan fingerprint density at radius 1 is 1.15 bits per heavy atom. The van der Waals surface area contributed by atoms with Crippen LogP contribution in [0.2, 0.25) is 5.02 Å². The molecule has 2 heterocycles. The molecule has 1 aliphatic rings. The van der Waals surface area contributed by atoms with Gasteiger partial charge in [-0.05, 0) is 62.1 Å². The lowest BCUT2D eigenvalue weighted by Crippen LogP contribution is -2.39. The molecule has 1 aliphatic heterocycles. The van der Waals surface area contributed by atoms with Gasteiger partial charge < -0.3 is 15.0 Å². The van der Waals surface area contributed by atoms with Gasteiger partial charge in [0.05, 0.1) is 18.4 Å². The monoisotopic (exact) mass is 466 g/mol. The van der Waals surface area contributed by atoms with E-state index in [1.807, 2.05) is 57.2 Å². The summed E-state index contributed by atoms with van der Waals surface area (Å²) >= 11 is 6.22. The van der Waals surface area contributed by atoms with Crippen molar-refractivity contribution >= 4 is 29.3 Å². The summed E-state index contributed by atoms with van der Waals surface area (Å²) in [5.41, 5.74) is 3.70. The number of halogens is 1. The van der Waals surface area contributed by atoms with Gasteiger partial charge in [-0.2, -0.15) is 5.10 Å². The molecule has 0 aliphatic carbocycles. The SMILES string of the molecule is CC(C)(C)OC(=O)N1CCc2cc(C(=O)Nc3cnn(Cc4ccccc4Cl)c3)ccc2C1. The van der Waals surface area contributed by atoms with Gasteiger partial charge in [-0.15, -0.1) is 0 Å². The Labute approximate surface area is 198 Å². The number of carbonyl (C=O) groups excluding carboxylic acids is 2. The zero-order valence-corrected chi connectivity index (χ0v) is 19.7. The normalized spacial score (nSPS) is 13.4. The second-order valence-corrected chi connectivity index (χ2v) is 9.51. The van der Waals surface area contributed by atoms with Crippen LogP contribution in [-0.4, -0.2) is 38.8 Å². The Balaban J connectivity index is 1.39. The summed E-state index contributed by atoms with van der Waals surface area (Å²) in [4.78, 5) is 26.9. The number of aromatic nitrogens is 2. The summed E-state index contributed by atoms with van der Waals surface area (Å²) in [5, 5.41) is 7.89. The van der Waals surface area contributed by atoms with E-state index in [2.05, 4.69) is 10.4 Å². The van der Waals surface area contributed by atoms with Crippen molar-refractivity contribution in [3.8, 4) is 0 Å². The number of benzene rings is 2. The molecule has 2 amide bonds. The number of rotatable bonds is 4. The number of nitrogens with zero attached hydrogens (tertiary/aromatic N) is 3. The van der Waals surface area contributed by atoms with Crippen LogP contribution in [0.4, 0.5) is 10.5 Å². The first kappa shape index (κ1) is 22.9. The molecule has 4 rings (SSSR count). The smallest absolute Gasteiger partial charge is 0.410 e. The molecule has 1 N–H and O–H groups in total. The standard InChI is InChI=1S/C25H27ClN4O3/c1-25(2,3)33-24(32)29-11-10-17-12-18(8-9-19(17)14-29)23(31)28-21-13-27-30(16-21)15-20-6-4-5-7-22(20)26/h4-9,12-13,16H,10-11,14-15H2,1-3H3,(H,28,31). The Kier molecular flexibility index (Phi) is 6.42. The van der Waals surface area contributed by atoms with Crippen LogP contribution in [0.5, 0.6) is 0 Å². The average Bonchev–Trinajstić information content (AvgIpc) is 3.20. The Morgan fingerprint density at radius 2 is 1.94 bits per heavy atom. The summed E-state index contributed by atoms with van der Waals surface area (Å²) in [6.45, 7) is 7.11. The minimum atomic E-state index is -0.527. The van der Waals surface area contributed by atoms with Crippen molar-refractivity contribution in [2.45, 2.75) is 45.9 Å². The van der Waals surface area contributed by atoms with E-state index in [4.69, 9.17) is 16.3 Å². The van der Waals surface area contributed by atoms with Crippen LogP contribution in [-0.2, 0) is 24.2 Å². The summed E-state index contributed by atoms with van der Waals surface area (Å²) in [7, 11) is 0. The van der Waals surface area contributed by atoms with Gasteiger partial charge in [0, 0.05) is 29.9 Å². The second-order valence-electron chi connectivity index (χ2n) is 9.11. The molecular weight excluding hydrogens is 440 g/mol. The van der Waals surface area contributed by atoms with Crippen LogP contribution in [0.1, 0.15) is 47.8 Å². The summed E-state index contributed by atoms with van der Waals surface area (Å²) < 4.78 is 7.21. The fourth-order valence-corrected chi connectivity index (χ4v) is 3.89. The minimum Gasteiger partial charge on any atom is -0.444 e. The van der Waals surface area contributed by atoms with Gasteiger partial charge in [-0.3, -0.25) is 9.48 Å². The molecule has 0 unspecified atom stereocenters. The topological polar surface area (TPSA) is 76.5 Å². The molecule has 3 aromatic rings. The first-order valence-corrected chi connectivity index (χ1v) is 11.2. The summed E-state index contributed by atoms with van der Waals surface area (Å²) in [6, 6.07) is 13.2. The molecule has 0 radical (unpaired) electrons. The van der Waals surface area contributed by atoms with E-state index < -0.39 is 5.60 Å². The Bertz CT molecular complexity index is 1180. The van der Waals surface area contributed by atoms with Crippen LogP contribution in [0.3, 0.4) is 0 Å². The van der Waals surface area contributed by atoms with E-state index in [0.29, 0.717) is 42.3 Å². The summed E-state index contributed by atoms with van der Waals surface area (Å²) in [5.74, 6) is -0.204. The lowest BCUT2D eigenvalue weighted by atomic mass is 9.97. The first-order chi connectivity index (χ1) is 15.7. The van der Waals surface area contributed by atoms with Crippen LogP contribution in [0.25, 0.3) is 0 Å². The van der Waals surface area contributed by atoms with Crippen LogP contribution < -0.4 is 5.32 Å². The van der Waals surface area contributed by atoms with Gasteiger partial charge in [-0.1, -0.05) is 35.9 Å². The number of nitrogens with one attached hydrogen (secondary N) is 1. The van der Waals surface area contributed by atoms with Gasteiger partial charge in [0.2, 0.25) is 0 Å². The van der Waals surface area contributed by atoms with E-state index in [-0.39, 0.29) is 12.0 Å². The fraction of sp³-hybridized carbons (Fsp3) is 0.320. The Morgan fingerprint density at radius 3 is 2.70 bits per heavy atom. The number of ether oxygens (including phenoxy) is 1. The highest BCUT2D eigenvalue weighted by molar-refractivity contribution is 6.31. The molecule has 0 fully saturated rings. The van der Waals surface area contributed by atoms with Gasteiger partial charge in [0.1, 0.15) is 5.60 Å². The lowest BCUT2D eigenvalue weighted by molar-refractivity contribution is 0.0224. The molecule has 8 heteroatoms.